The van der Waals surface area contributed by atoms with E-state index in [0.29, 0.717) is 12.5 Å². The van der Waals surface area contributed by atoms with Gasteiger partial charge in [0.2, 0.25) is 5.91 Å². The lowest BCUT2D eigenvalue weighted by Gasteiger charge is -2.23. The third kappa shape index (κ3) is 3.93. The third-order valence-electron chi connectivity index (χ3n) is 5.60. The van der Waals surface area contributed by atoms with Crippen LogP contribution < -0.4 is 4.90 Å². The number of nitrogens with zero attached hydrogens (tertiary/aromatic N) is 5. The number of carbonyl (C=O) groups is 1. The summed E-state index contributed by atoms with van der Waals surface area (Å²) in [5.41, 5.74) is 5.35. The molecule has 0 aliphatic carbocycles. The van der Waals surface area contributed by atoms with Crippen LogP contribution in [0.15, 0.2) is 48.5 Å². The van der Waals surface area contributed by atoms with Crippen LogP contribution in [-0.2, 0) is 11.2 Å². The predicted octanol–water partition coefficient (Wildman–Crippen LogP) is 4.64. The van der Waals surface area contributed by atoms with Gasteiger partial charge in [0.15, 0.2) is 0 Å². The van der Waals surface area contributed by atoms with Crippen LogP contribution in [-0.4, -0.2) is 32.2 Å². The summed E-state index contributed by atoms with van der Waals surface area (Å²) in [6, 6.07) is 16.2. The number of benzene rings is 2. The Morgan fingerprint density at radius 1 is 0.968 bits per heavy atom. The number of aryl methyl sites for hydroxylation is 3. The van der Waals surface area contributed by atoms with Crippen molar-refractivity contribution in [3.05, 3.63) is 76.9 Å². The average molecular weight is 414 g/mol. The molecule has 0 atom stereocenters. The van der Waals surface area contributed by atoms with Crippen LogP contribution in [0, 0.1) is 27.7 Å². The summed E-state index contributed by atoms with van der Waals surface area (Å²) < 4.78 is 1.74. The van der Waals surface area contributed by atoms with E-state index in [2.05, 4.69) is 33.3 Å². The molecule has 4 rings (SSSR count). The molecule has 2 aromatic carbocycles. The van der Waals surface area contributed by atoms with Crippen molar-refractivity contribution in [1.29, 1.82) is 0 Å². The van der Waals surface area contributed by atoms with Crippen LogP contribution in [0.3, 0.4) is 0 Å². The second kappa shape index (κ2) is 8.30. The van der Waals surface area contributed by atoms with Gasteiger partial charge in [-0.05, 0) is 52.1 Å². The van der Waals surface area contributed by atoms with Gasteiger partial charge in [0, 0.05) is 34.6 Å². The fraction of sp³-hybridized carbons (Fsp3) is 0.280. The Kier molecular flexibility index (Phi) is 5.55. The summed E-state index contributed by atoms with van der Waals surface area (Å²) in [6.45, 7) is 10.4. The summed E-state index contributed by atoms with van der Waals surface area (Å²) in [5, 5.41) is 6.84. The summed E-state index contributed by atoms with van der Waals surface area (Å²) >= 11 is 0. The van der Waals surface area contributed by atoms with Crippen molar-refractivity contribution in [1.82, 2.24) is 19.7 Å². The molecular formula is C25H27N5O. The molecule has 0 aliphatic heterocycles. The minimum absolute atomic E-state index is 0.0472. The fourth-order valence-corrected chi connectivity index (χ4v) is 4.10. The SMILES string of the molecule is CCN(C(=O)Cc1c(C)nn(-c2nc(C)cc(C)n2)c1C)c1cccc2ccccc12. The van der Waals surface area contributed by atoms with E-state index >= 15 is 0 Å². The molecule has 6 nitrogen and oxygen atoms in total. The molecule has 1 amide bonds. The lowest BCUT2D eigenvalue weighted by molar-refractivity contribution is -0.117. The fourth-order valence-electron chi connectivity index (χ4n) is 4.10. The first kappa shape index (κ1) is 20.7. The first-order valence-corrected chi connectivity index (χ1v) is 10.5. The minimum Gasteiger partial charge on any atom is -0.312 e. The van der Waals surface area contributed by atoms with Crippen molar-refractivity contribution >= 4 is 22.4 Å². The van der Waals surface area contributed by atoms with Gasteiger partial charge in [-0.15, -0.1) is 0 Å². The lowest BCUT2D eigenvalue weighted by Crippen LogP contribution is -2.32. The third-order valence-corrected chi connectivity index (χ3v) is 5.60. The summed E-state index contributed by atoms with van der Waals surface area (Å²) in [4.78, 5) is 24.3. The van der Waals surface area contributed by atoms with Crippen molar-refractivity contribution in [2.75, 3.05) is 11.4 Å². The number of hydrogen-bond donors (Lipinski definition) is 0. The van der Waals surface area contributed by atoms with Gasteiger partial charge in [0.1, 0.15) is 0 Å². The van der Waals surface area contributed by atoms with E-state index in [1.165, 1.54) is 0 Å². The van der Waals surface area contributed by atoms with E-state index in [1.807, 2.05) is 69.9 Å². The highest BCUT2D eigenvalue weighted by Gasteiger charge is 2.22. The topological polar surface area (TPSA) is 63.9 Å². The number of anilines is 1. The summed E-state index contributed by atoms with van der Waals surface area (Å²) in [5.74, 6) is 0.587. The van der Waals surface area contributed by atoms with E-state index in [-0.39, 0.29) is 12.3 Å². The van der Waals surface area contributed by atoms with E-state index in [4.69, 9.17) is 0 Å². The maximum atomic E-state index is 13.4. The molecule has 6 heteroatoms. The summed E-state index contributed by atoms with van der Waals surface area (Å²) in [7, 11) is 0. The molecule has 0 fully saturated rings. The Balaban J connectivity index is 1.68. The van der Waals surface area contributed by atoms with Gasteiger partial charge < -0.3 is 4.90 Å². The minimum atomic E-state index is 0.0472. The molecule has 31 heavy (non-hydrogen) atoms. The van der Waals surface area contributed by atoms with E-state index in [0.717, 1.165) is 44.8 Å². The lowest BCUT2D eigenvalue weighted by atomic mass is 10.1. The quantitative estimate of drug-likeness (QED) is 0.478. The van der Waals surface area contributed by atoms with Crippen LogP contribution in [0.4, 0.5) is 5.69 Å². The zero-order valence-corrected chi connectivity index (χ0v) is 18.7. The Morgan fingerprint density at radius 3 is 2.35 bits per heavy atom. The van der Waals surface area contributed by atoms with Crippen molar-refractivity contribution in [2.24, 2.45) is 0 Å². The first-order chi connectivity index (χ1) is 14.9. The second-order valence-corrected chi connectivity index (χ2v) is 7.82. The van der Waals surface area contributed by atoms with Gasteiger partial charge in [-0.2, -0.15) is 5.10 Å². The maximum Gasteiger partial charge on any atom is 0.251 e. The number of aromatic nitrogens is 4. The molecule has 0 spiro atoms. The van der Waals surface area contributed by atoms with Crippen LogP contribution in [0.2, 0.25) is 0 Å². The van der Waals surface area contributed by atoms with Gasteiger partial charge in [-0.25, -0.2) is 14.6 Å². The smallest absolute Gasteiger partial charge is 0.251 e. The normalized spacial score (nSPS) is 11.1. The molecule has 0 unspecified atom stereocenters. The maximum absolute atomic E-state index is 13.4. The highest BCUT2D eigenvalue weighted by molar-refractivity contribution is 6.04. The Labute approximate surface area is 182 Å². The molecule has 0 aliphatic rings. The monoisotopic (exact) mass is 413 g/mol. The largest absolute Gasteiger partial charge is 0.312 e. The van der Waals surface area contributed by atoms with E-state index in [1.54, 1.807) is 4.68 Å². The van der Waals surface area contributed by atoms with Gasteiger partial charge in [0.05, 0.1) is 17.8 Å². The zero-order chi connectivity index (χ0) is 22.1. The molecule has 2 heterocycles. The van der Waals surface area contributed by atoms with Crippen molar-refractivity contribution < 1.29 is 4.79 Å². The van der Waals surface area contributed by atoms with Crippen LogP contribution >= 0.6 is 0 Å². The molecule has 4 aromatic rings. The highest BCUT2D eigenvalue weighted by Crippen LogP contribution is 2.28. The van der Waals surface area contributed by atoms with Crippen LogP contribution in [0.5, 0.6) is 0 Å². The van der Waals surface area contributed by atoms with Crippen LogP contribution in [0.1, 0.15) is 35.3 Å². The first-order valence-electron chi connectivity index (χ1n) is 10.5. The Bertz CT molecular complexity index is 1250. The zero-order valence-electron chi connectivity index (χ0n) is 18.7. The van der Waals surface area contributed by atoms with E-state index in [9.17, 15) is 4.79 Å². The second-order valence-electron chi connectivity index (χ2n) is 7.82. The molecule has 0 radical (unpaired) electrons. The molecule has 2 aromatic heterocycles. The van der Waals surface area contributed by atoms with Gasteiger partial charge in [0.25, 0.3) is 5.95 Å². The molecular weight excluding hydrogens is 386 g/mol. The number of hydrogen-bond acceptors (Lipinski definition) is 4. The van der Waals surface area contributed by atoms with Gasteiger partial charge in [-0.3, -0.25) is 4.79 Å². The Hall–Kier alpha value is -3.54. The number of rotatable bonds is 5. The van der Waals surface area contributed by atoms with Crippen molar-refractivity contribution in [3.8, 4) is 5.95 Å². The molecule has 0 saturated carbocycles. The highest BCUT2D eigenvalue weighted by atomic mass is 16.2. The van der Waals surface area contributed by atoms with Crippen molar-refractivity contribution in [3.63, 3.8) is 0 Å². The molecule has 0 N–H and O–H groups in total. The number of amides is 1. The van der Waals surface area contributed by atoms with Crippen molar-refractivity contribution in [2.45, 2.75) is 41.0 Å². The van der Waals surface area contributed by atoms with Gasteiger partial charge in [-0.1, -0.05) is 36.4 Å². The summed E-state index contributed by atoms with van der Waals surface area (Å²) in [6.07, 6.45) is 0.277. The Morgan fingerprint density at radius 2 is 1.65 bits per heavy atom. The standard InChI is InChI=1S/C25H27N5O/c1-6-29(23-13-9-11-20-10-7-8-12-21(20)23)24(31)15-22-18(4)28-30(19(22)5)25-26-16(2)14-17(3)27-25/h7-14H,6,15H2,1-5H3. The average Bonchev–Trinajstić information content (AvgIpc) is 3.02. The van der Waals surface area contributed by atoms with E-state index < -0.39 is 0 Å². The number of fused-ring (bicyclic) bond motifs is 1. The molecule has 0 bridgehead atoms. The number of carbonyl (C=O) groups excluding carboxylic acids is 1. The van der Waals surface area contributed by atoms with Crippen LogP contribution in [0.25, 0.3) is 16.7 Å². The molecule has 0 saturated heterocycles. The molecule has 158 valence electrons. The predicted molar refractivity (Wildman–Crippen MR) is 124 cm³/mol. The van der Waals surface area contributed by atoms with Gasteiger partial charge >= 0.3 is 0 Å². The number of likely N-dealkylation sites (N-methyl/N-ethyl adjacent to an activating group) is 1.